The van der Waals surface area contributed by atoms with Gasteiger partial charge in [0, 0.05) is 12.6 Å². The van der Waals surface area contributed by atoms with Crippen LogP contribution in [0.15, 0.2) is 0 Å². The average molecular weight is 255 g/mol. The molecule has 100 valence electrons. The Morgan fingerprint density at radius 2 is 1.76 bits per heavy atom. The molecule has 0 radical (unpaired) electrons. The molecule has 1 aliphatic heterocycles. The maximum absolute atomic E-state index is 4.70. The molecule has 1 saturated carbocycles. The van der Waals surface area contributed by atoms with Gasteiger partial charge in [-0.2, -0.15) is 12.6 Å². The second-order valence-corrected chi connectivity index (χ2v) is 6.70. The van der Waals surface area contributed by atoms with Gasteiger partial charge in [-0.05, 0) is 50.3 Å². The van der Waals surface area contributed by atoms with Crippen molar-refractivity contribution in [1.29, 1.82) is 0 Å². The van der Waals surface area contributed by atoms with Crippen molar-refractivity contribution >= 4 is 12.6 Å². The molecule has 2 heteroatoms. The topological polar surface area (TPSA) is 3.24 Å². The third-order valence-electron chi connectivity index (χ3n) is 4.98. The van der Waals surface area contributed by atoms with Gasteiger partial charge >= 0.3 is 0 Å². The Morgan fingerprint density at radius 3 is 2.35 bits per heavy atom. The third-order valence-corrected chi connectivity index (χ3v) is 5.65. The summed E-state index contributed by atoms with van der Waals surface area (Å²) < 4.78 is 0. The van der Waals surface area contributed by atoms with Crippen molar-refractivity contribution in [3.8, 4) is 0 Å². The highest BCUT2D eigenvalue weighted by molar-refractivity contribution is 7.80. The molecule has 1 atom stereocenters. The van der Waals surface area contributed by atoms with Gasteiger partial charge in [0.2, 0.25) is 0 Å². The maximum atomic E-state index is 4.70. The van der Waals surface area contributed by atoms with Crippen molar-refractivity contribution in [2.24, 2.45) is 5.41 Å². The van der Waals surface area contributed by atoms with E-state index < -0.39 is 0 Å². The number of nitrogens with zero attached hydrogens (tertiary/aromatic N) is 1. The van der Waals surface area contributed by atoms with E-state index in [4.69, 9.17) is 12.6 Å². The van der Waals surface area contributed by atoms with Gasteiger partial charge in [0.15, 0.2) is 0 Å². The summed E-state index contributed by atoms with van der Waals surface area (Å²) in [5.74, 6) is 1.09. The fraction of sp³-hybridized carbons (Fsp3) is 1.00. The van der Waals surface area contributed by atoms with Gasteiger partial charge in [-0.25, -0.2) is 0 Å². The molecule has 0 aromatic carbocycles. The molecular formula is C15H29NS. The predicted molar refractivity (Wildman–Crippen MR) is 78.9 cm³/mol. The number of likely N-dealkylation sites (tertiary alicyclic amines) is 1. The van der Waals surface area contributed by atoms with Crippen LogP contribution in [0.25, 0.3) is 0 Å². The van der Waals surface area contributed by atoms with Crippen LogP contribution in [0.2, 0.25) is 0 Å². The van der Waals surface area contributed by atoms with Crippen LogP contribution in [0.1, 0.15) is 64.7 Å². The molecule has 1 aliphatic carbocycles. The minimum atomic E-state index is 0.533. The number of rotatable bonds is 3. The van der Waals surface area contributed by atoms with Crippen LogP contribution in [-0.4, -0.2) is 29.8 Å². The summed E-state index contributed by atoms with van der Waals surface area (Å²) in [6, 6.07) is 0.809. The SMILES string of the molecule is CC1CCCCN1CC1(CS)CCCCCC1. The molecule has 1 heterocycles. The highest BCUT2D eigenvalue weighted by Gasteiger charge is 2.33. The third kappa shape index (κ3) is 3.64. The standard InChI is InChI=1S/C15H29NS/c1-14-8-4-7-11-16(14)12-15(13-17)9-5-2-3-6-10-15/h14,17H,2-13H2,1H3. The van der Waals surface area contributed by atoms with Crippen molar-refractivity contribution in [3.63, 3.8) is 0 Å². The van der Waals surface area contributed by atoms with Gasteiger partial charge < -0.3 is 4.90 Å². The van der Waals surface area contributed by atoms with Crippen LogP contribution < -0.4 is 0 Å². The normalized spacial score (nSPS) is 31.1. The summed E-state index contributed by atoms with van der Waals surface area (Å²) in [5.41, 5.74) is 0.533. The predicted octanol–water partition coefficient (Wildman–Crippen LogP) is 4.13. The summed E-state index contributed by atoms with van der Waals surface area (Å²) in [4.78, 5) is 2.76. The number of thiol groups is 1. The molecule has 0 bridgehead atoms. The summed E-state index contributed by atoms with van der Waals surface area (Å²) in [6.45, 7) is 5.07. The number of hydrogen-bond donors (Lipinski definition) is 1. The maximum Gasteiger partial charge on any atom is 0.00671 e. The molecule has 1 nitrogen and oxygen atoms in total. The van der Waals surface area contributed by atoms with E-state index in [2.05, 4.69) is 11.8 Å². The molecule has 1 unspecified atom stereocenters. The fourth-order valence-corrected chi connectivity index (χ4v) is 4.08. The second kappa shape index (κ2) is 6.47. The first-order valence-corrected chi connectivity index (χ1v) is 8.24. The molecule has 0 amide bonds. The van der Waals surface area contributed by atoms with Crippen molar-refractivity contribution in [2.45, 2.75) is 70.8 Å². The molecule has 2 rings (SSSR count). The van der Waals surface area contributed by atoms with E-state index in [9.17, 15) is 0 Å². The zero-order valence-corrected chi connectivity index (χ0v) is 12.4. The van der Waals surface area contributed by atoms with Gasteiger partial charge in [0.25, 0.3) is 0 Å². The van der Waals surface area contributed by atoms with Gasteiger partial charge in [0.1, 0.15) is 0 Å². The van der Waals surface area contributed by atoms with Gasteiger partial charge in [-0.3, -0.25) is 0 Å². The van der Waals surface area contributed by atoms with E-state index in [0.29, 0.717) is 5.41 Å². The lowest BCUT2D eigenvalue weighted by Gasteiger charge is -2.42. The van der Waals surface area contributed by atoms with Crippen LogP contribution in [-0.2, 0) is 0 Å². The Bertz CT molecular complexity index is 221. The van der Waals surface area contributed by atoms with E-state index in [1.807, 2.05) is 0 Å². The van der Waals surface area contributed by atoms with Crippen LogP contribution in [0, 0.1) is 5.41 Å². The largest absolute Gasteiger partial charge is 0.300 e. The van der Waals surface area contributed by atoms with E-state index in [-0.39, 0.29) is 0 Å². The van der Waals surface area contributed by atoms with E-state index in [1.165, 1.54) is 70.9 Å². The lowest BCUT2D eigenvalue weighted by molar-refractivity contribution is 0.0901. The Kier molecular flexibility index (Phi) is 5.23. The Morgan fingerprint density at radius 1 is 1.06 bits per heavy atom. The minimum Gasteiger partial charge on any atom is -0.300 e. The van der Waals surface area contributed by atoms with Gasteiger partial charge in [-0.15, -0.1) is 0 Å². The van der Waals surface area contributed by atoms with Crippen molar-refractivity contribution in [3.05, 3.63) is 0 Å². The van der Waals surface area contributed by atoms with Crippen molar-refractivity contribution < 1.29 is 0 Å². The van der Waals surface area contributed by atoms with Gasteiger partial charge in [-0.1, -0.05) is 32.1 Å². The molecule has 2 aliphatic rings. The highest BCUT2D eigenvalue weighted by atomic mass is 32.1. The first-order chi connectivity index (χ1) is 8.26. The minimum absolute atomic E-state index is 0.533. The monoisotopic (exact) mass is 255 g/mol. The fourth-order valence-electron chi connectivity index (χ4n) is 3.67. The van der Waals surface area contributed by atoms with Crippen LogP contribution in [0.4, 0.5) is 0 Å². The van der Waals surface area contributed by atoms with E-state index in [0.717, 1.165) is 11.8 Å². The summed E-state index contributed by atoms with van der Waals surface area (Å²) >= 11 is 4.70. The quantitative estimate of drug-likeness (QED) is 0.586. The first-order valence-electron chi connectivity index (χ1n) is 7.61. The number of piperidine rings is 1. The van der Waals surface area contributed by atoms with E-state index >= 15 is 0 Å². The Hall–Kier alpha value is 0.310. The van der Waals surface area contributed by atoms with Gasteiger partial charge in [0.05, 0.1) is 0 Å². The highest BCUT2D eigenvalue weighted by Crippen LogP contribution is 2.38. The molecule has 0 aromatic heterocycles. The van der Waals surface area contributed by atoms with Crippen molar-refractivity contribution in [1.82, 2.24) is 4.90 Å². The molecule has 0 spiro atoms. The Labute approximate surface area is 113 Å². The molecular weight excluding hydrogens is 226 g/mol. The molecule has 17 heavy (non-hydrogen) atoms. The lowest BCUT2D eigenvalue weighted by atomic mass is 9.81. The molecule has 2 fully saturated rings. The average Bonchev–Trinajstić information content (AvgIpc) is 2.58. The van der Waals surface area contributed by atoms with E-state index in [1.54, 1.807) is 0 Å². The smallest absolute Gasteiger partial charge is 0.00671 e. The first kappa shape index (κ1) is 13.7. The van der Waals surface area contributed by atoms with Crippen molar-refractivity contribution in [2.75, 3.05) is 18.8 Å². The zero-order chi connectivity index (χ0) is 12.1. The lowest BCUT2D eigenvalue weighted by Crippen LogP contribution is -2.45. The Balaban J connectivity index is 1.96. The summed E-state index contributed by atoms with van der Waals surface area (Å²) in [6.07, 6.45) is 12.8. The van der Waals surface area contributed by atoms with Crippen LogP contribution in [0.3, 0.4) is 0 Å². The summed E-state index contributed by atoms with van der Waals surface area (Å²) in [7, 11) is 0. The summed E-state index contributed by atoms with van der Waals surface area (Å²) in [5, 5.41) is 0. The second-order valence-electron chi connectivity index (χ2n) is 6.39. The van der Waals surface area contributed by atoms with Crippen LogP contribution in [0.5, 0.6) is 0 Å². The zero-order valence-electron chi connectivity index (χ0n) is 11.5. The molecule has 0 N–H and O–H groups in total. The number of hydrogen-bond acceptors (Lipinski definition) is 2. The van der Waals surface area contributed by atoms with Crippen LogP contribution >= 0.6 is 12.6 Å². The molecule has 1 saturated heterocycles. The molecule has 0 aromatic rings.